The Morgan fingerprint density at radius 2 is 1.61 bits per heavy atom. The molecule has 33 heavy (non-hydrogen) atoms. The highest BCUT2D eigenvalue weighted by molar-refractivity contribution is 7.89. The highest BCUT2D eigenvalue weighted by atomic mass is 32.2. The maximum Gasteiger partial charge on any atom is 0.243 e. The minimum Gasteiger partial charge on any atom is -0.497 e. The van der Waals surface area contributed by atoms with E-state index in [4.69, 9.17) is 4.74 Å². The van der Waals surface area contributed by atoms with Crippen molar-refractivity contribution >= 4 is 32.4 Å². The number of methoxy groups -OCH3 is 1. The summed E-state index contributed by atoms with van der Waals surface area (Å²) in [4.78, 5) is 17.1. The van der Waals surface area contributed by atoms with E-state index < -0.39 is 10.0 Å². The summed E-state index contributed by atoms with van der Waals surface area (Å²) in [6.07, 6.45) is 0. The molecule has 1 fully saturated rings. The molecule has 8 heteroatoms. The highest BCUT2D eigenvalue weighted by Crippen LogP contribution is 2.23. The van der Waals surface area contributed by atoms with Crippen molar-refractivity contribution in [3.05, 3.63) is 66.7 Å². The van der Waals surface area contributed by atoms with Crippen LogP contribution in [0.15, 0.2) is 71.6 Å². The lowest BCUT2D eigenvalue weighted by molar-refractivity contribution is -0.131. The van der Waals surface area contributed by atoms with Gasteiger partial charge in [-0.3, -0.25) is 4.79 Å². The first-order valence-corrected chi connectivity index (χ1v) is 12.5. The number of likely N-dealkylation sites (N-methyl/N-ethyl adjacent to an activating group) is 1. The fraction of sp³-hybridized carbons (Fsp3) is 0.320. The van der Waals surface area contributed by atoms with Crippen molar-refractivity contribution in [2.75, 3.05) is 51.3 Å². The van der Waals surface area contributed by atoms with E-state index in [0.29, 0.717) is 26.2 Å². The van der Waals surface area contributed by atoms with Gasteiger partial charge in [0.1, 0.15) is 5.75 Å². The molecule has 7 nitrogen and oxygen atoms in total. The molecule has 0 N–H and O–H groups in total. The van der Waals surface area contributed by atoms with Crippen LogP contribution in [-0.4, -0.2) is 69.9 Å². The normalized spacial score (nSPS) is 14.6. The molecule has 1 amide bonds. The lowest BCUT2D eigenvalue weighted by Crippen LogP contribution is -2.51. The molecule has 3 aromatic carbocycles. The molecule has 0 aromatic heterocycles. The van der Waals surface area contributed by atoms with Gasteiger partial charge in [-0.2, -0.15) is 4.31 Å². The van der Waals surface area contributed by atoms with Crippen molar-refractivity contribution in [1.82, 2.24) is 9.21 Å². The fourth-order valence-corrected chi connectivity index (χ4v) is 5.54. The average molecular weight is 468 g/mol. The number of hydrogen-bond donors (Lipinski definition) is 0. The topological polar surface area (TPSA) is 70.2 Å². The SMILES string of the molecule is CCN(CC(=O)N1CCN(c2ccc(OC)cc2)CC1)S(=O)(=O)c1ccc2ccccc2c1. The molecule has 1 aliphatic rings. The number of sulfonamides is 1. The zero-order valence-electron chi connectivity index (χ0n) is 19.0. The maximum absolute atomic E-state index is 13.3. The van der Waals surface area contributed by atoms with Crippen LogP contribution in [0.4, 0.5) is 5.69 Å². The molecular formula is C25H29N3O4S. The van der Waals surface area contributed by atoms with Crippen LogP contribution in [0, 0.1) is 0 Å². The standard InChI is InChI=1S/C25H29N3O4S/c1-3-28(33(30,31)24-13-8-20-6-4-5-7-21(20)18-24)19-25(29)27-16-14-26(15-17-27)22-9-11-23(32-2)12-10-22/h4-13,18H,3,14-17,19H2,1-2H3. The number of nitrogens with zero attached hydrogens (tertiary/aromatic N) is 3. The van der Waals surface area contributed by atoms with E-state index in [9.17, 15) is 13.2 Å². The number of benzene rings is 3. The molecule has 0 radical (unpaired) electrons. The van der Waals surface area contributed by atoms with Crippen molar-refractivity contribution in [3.8, 4) is 5.75 Å². The third-order valence-corrected chi connectivity index (χ3v) is 8.01. The first kappa shape index (κ1) is 23.1. The summed E-state index contributed by atoms with van der Waals surface area (Å²) in [5.41, 5.74) is 1.08. The Morgan fingerprint density at radius 1 is 0.939 bits per heavy atom. The number of amides is 1. The number of rotatable bonds is 7. The smallest absolute Gasteiger partial charge is 0.243 e. The molecule has 1 saturated heterocycles. The summed E-state index contributed by atoms with van der Waals surface area (Å²) >= 11 is 0. The van der Waals surface area contributed by atoms with Crippen molar-refractivity contribution in [1.29, 1.82) is 0 Å². The first-order chi connectivity index (χ1) is 15.9. The summed E-state index contributed by atoms with van der Waals surface area (Å²) in [6, 6.07) is 20.6. The van der Waals surface area contributed by atoms with Crippen LogP contribution in [0.1, 0.15) is 6.92 Å². The summed E-state index contributed by atoms with van der Waals surface area (Å²) < 4.78 is 33.0. The number of anilines is 1. The van der Waals surface area contributed by atoms with E-state index in [1.165, 1.54) is 4.31 Å². The number of carbonyl (C=O) groups excluding carboxylic acids is 1. The van der Waals surface area contributed by atoms with Crippen molar-refractivity contribution in [2.45, 2.75) is 11.8 Å². The van der Waals surface area contributed by atoms with Gasteiger partial charge in [0.25, 0.3) is 0 Å². The molecule has 0 bridgehead atoms. The predicted octanol–water partition coefficient (Wildman–Crippen LogP) is 3.21. The fourth-order valence-electron chi connectivity index (χ4n) is 4.10. The van der Waals surface area contributed by atoms with Crippen LogP contribution in [0.25, 0.3) is 10.8 Å². The Balaban J connectivity index is 1.41. The second-order valence-corrected chi connectivity index (χ2v) is 9.94. The van der Waals surface area contributed by atoms with Crippen molar-refractivity contribution < 1.29 is 17.9 Å². The van der Waals surface area contributed by atoms with Crippen LogP contribution in [0.3, 0.4) is 0 Å². The number of hydrogen-bond acceptors (Lipinski definition) is 5. The van der Waals surface area contributed by atoms with E-state index in [1.54, 1.807) is 37.1 Å². The Labute approximate surface area is 195 Å². The monoisotopic (exact) mass is 467 g/mol. The van der Waals surface area contributed by atoms with Gasteiger partial charge in [-0.25, -0.2) is 8.42 Å². The molecule has 0 atom stereocenters. The van der Waals surface area contributed by atoms with Gasteiger partial charge in [-0.1, -0.05) is 37.3 Å². The molecule has 1 heterocycles. The minimum absolute atomic E-state index is 0.159. The Kier molecular flexibility index (Phi) is 6.85. The molecule has 3 aromatic rings. The van der Waals surface area contributed by atoms with Gasteiger partial charge in [-0.05, 0) is 47.2 Å². The minimum atomic E-state index is -3.77. The molecule has 0 unspecified atom stereocenters. The van der Waals surface area contributed by atoms with Gasteiger partial charge >= 0.3 is 0 Å². The third-order valence-electron chi connectivity index (χ3n) is 6.09. The first-order valence-electron chi connectivity index (χ1n) is 11.1. The lowest BCUT2D eigenvalue weighted by Gasteiger charge is -2.37. The molecule has 174 valence electrons. The zero-order valence-corrected chi connectivity index (χ0v) is 19.8. The van der Waals surface area contributed by atoms with Crippen molar-refractivity contribution in [3.63, 3.8) is 0 Å². The average Bonchev–Trinajstić information content (AvgIpc) is 2.86. The molecule has 0 aliphatic carbocycles. The molecule has 4 rings (SSSR count). The van der Waals surface area contributed by atoms with E-state index in [2.05, 4.69) is 4.90 Å². The van der Waals surface area contributed by atoms with Gasteiger partial charge in [0.15, 0.2) is 0 Å². The Hall–Kier alpha value is -3.10. The molecule has 1 aliphatic heterocycles. The molecular weight excluding hydrogens is 438 g/mol. The summed E-state index contributed by atoms with van der Waals surface area (Å²) in [5, 5.41) is 1.83. The van der Waals surface area contributed by atoms with E-state index >= 15 is 0 Å². The van der Waals surface area contributed by atoms with Crippen LogP contribution < -0.4 is 9.64 Å². The summed E-state index contributed by atoms with van der Waals surface area (Å²) in [6.45, 7) is 4.33. The molecule has 0 saturated carbocycles. The number of fused-ring (bicyclic) bond motifs is 1. The zero-order chi connectivity index (χ0) is 23.4. The van der Waals surface area contributed by atoms with Crippen molar-refractivity contribution in [2.24, 2.45) is 0 Å². The van der Waals surface area contributed by atoms with E-state index in [0.717, 1.165) is 22.2 Å². The lowest BCUT2D eigenvalue weighted by atomic mass is 10.1. The third kappa shape index (κ3) is 4.96. The van der Waals surface area contributed by atoms with E-state index in [1.807, 2.05) is 48.5 Å². The number of ether oxygens (including phenoxy) is 1. The van der Waals surface area contributed by atoms with E-state index in [-0.39, 0.29) is 23.9 Å². The number of carbonyl (C=O) groups is 1. The maximum atomic E-state index is 13.3. The largest absolute Gasteiger partial charge is 0.497 e. The molecule has 0 spiro atoms. The summed E-state index contributed by atoms with van der Waals surface area (Å²) in [5.74, 6) is 0.635. The van der Waals surface area contributed by atoms with Gasteiger partial charge in [0.2, 0.25) is 15.9 Å². The summed E-state index contributed by atoms with van der Waals surface area (Å²) in [7, 11) is -2.14. The number of piperazine rings is 1. The van der Waals surface area contributed by atoms with Crippen LogP contribution in [0.5, 0.6) is 5.75 Å². The second-order valence-electron chi connectivity index (χ2n) is 8.01. The quantitative estimate of drug-likeness (QED) is 0.534. The van der Waals surface area contributed by atoms with Gasteiger partial charge in [0, 0.05) is 38.4 Å². The van der Waals surface area contributed by atoms with Crippen LogP contribution >= 0.6 is 0 Å². The second kappa shape index (κ2) is 9.80. The Morgan fingerprint density at radius 3 is 2.24 bits per heavy atom. The van der Waals surface area contributed by atoms with Crippen LogP contribution in [0.2, 0.25) is 0 Å². The van der Waals surface area contributed by atoms with Gasteiger partial charge in [-0.15, -0.1) is 0 Å². The van der Waals surface area contributed by atoms with Gasteiger partial charge in [0.05, 0.1) is 18.6 Å². The Bertz CT molecular complexity index is 1220. The van der Waals surface area contributed by atoms with Gasteiger partial charge < -0.3 is 14.5 Å². The highest BCUT2D eigenvalue weighted by Gasteiger charge is 2.29. The van der Waals surface area contributed by atoms with Crippen LogP contribution in [-0.2, 0) is 14.8 Å². The predicted molar refractivity (Wildman–Crippen MR) is 130 cm³/mol.